The molecule has 1 N–H and O–H groups in total. The Labute approximate surface area is 193 Å². The number of ether oxygens (including phenoxy) is 2. The SMILES string of the molecule is CCOC(=O)Nc1cccc(Cn2nc(-c3cccc(COCCN(C)C)c3)ccc2=O)c1. The Morgan fingerprint density at radius 3 is 2.64 bits per heavy atom. The van der Waals surface area contributed by atoms with Crippen LogP contribution in [-0.4, -0.2) is 54.6 Å². The van der Waals surface area contributed by atoms with Gasteiger partial charge in [0.1, 0.15) is 0 Å². The summed E-state index contributed by atoms with van der Waals surface area (Å²) in [4.78, 5) is 26.2. The van der Waals surface area contributed by atoms with Crippen LogP contribution in [0.15, 0.2) is 65.5 Å². The Kier molecular flexibility index (Phi) is 8.74. The molecule has 0 aliphatic carbocycles. The lowest BCUT2D eigenvalue weighted by molar-refractivity contribution is 0.105. The van der Waals surface area contributed by atoms with Crippen molar-refractivity contribution >= 4 is 11.8 Å². The highest BCUT2D eigenvalue weighted by atomic mass is 16.5. The molecule has 33 heavy (non-hydrogen) atoms. The van der Waals surface area contributed by atoms with Crippen molar-refractivity contribution < 1.29 is 14.3 Å². The van der Waals surface area contributed by atoms with E-state index in [0.29, 0.717) is 31.2 Å². The number of carbonyl (C=O) groups excluding carboxylic acids is 1. The first-order chi connectivity index (χ1) is 15.9. The zero-order valence-electron chi connectivity index (χ0n) is 19.3. The molecule has 0 aliphatic rings. The Hall–Kier alpha value is -3.49. The first-order valence-electron chi connectivity index (χ1n) is 10.9. The second-order valence-corrected chi connectivity index (χ2v) is 7.82. The summed E-state index contributed by atoms with van der Waals surface area (Å²) >= 11 is 0. The molecule has 0 fully saturated rings. The lowest BCUT2D eigenvalue weighted by Crippen LogP contribution is -2.23. The van der Waals surface area contributed by atoms with Gasteiger partial charge in [-0.25, -0.2) is 9.48 Å². The van der Waals surface area contributed by atoms with Gasteiger partial charge in [0.25, 0.3) is 5.56 Å². The summed E-state index contributed by atoms with van der Waals surface area (Å²) in [7, 11) is 4.02. The van der Waals surface area contributed by atoms with Crippen LogP contribution in [0, 0.1) is 0 Å². The number of nitrogens with zero attached hydrogens (tertiary/aromatic N) is 3. The number of rotatable bonds is 10. The third-order valence-corrected chi connectivity index (χ3v) is 4.82. The molecule has 0 saturated heterocycles. The van der Waals surface area contributed by atoms with Gasteiger partial charge in [-0.15, -0.1) is 0 Å². The number of hydrogen-bond acceptors (Lipinski definition) is 6. The molecule has 0 radical (unpaired) electrons. The summed E-state index contributed by atoms with van der Waals surface area (Å²) in [5.74, 6) is 0. The minimum absolute atomic E-state index is 0.203. The molecule has 3 rings (SSSR count). The van der Waals surface area contributed by atoms with Gasteiger partial charge in [-0.05, 0) is 56.4 Å². The summed E-state index contributed by atoms with van der Waals surface area (Å²) in [6.07, 6.45) is -0.516. The maximum absolute atomic E-state index is 12.4. The third kappa shape index (κ3) is 7.55. The molecule has 0 aliphatic heterocycles. The van der Waals surface area contributed by atoms with Crippen LogP contribution in [0.1, 0.15) is 18.1 Å². The predicted molar refractivity (Wildman–Crippen MR) is 128 cm³/mol. The van der Waals surface area contributed by atoms with Crippen molar-refractivity contribution in [2.45, 2.75) is 20.1 Å². The summed E-state index contributed by atoms with van der Waals surface area (Å²) in [6.45, 7) is 4.35. The van der Waals surface area contributed by atoms with E-state index in [-0.39, 0.29) is 12.1 Å². The number of aromatic nitrogens is 2. The fourth-order valence-electron chi connectivity index (χ4n) is 3.18. The number of amides is 1. The average molecular weight is 451 g/mol. The van der Waals surface area contributed by atoms with Crippen LogP contribution in [0.3, 0.4) is 0 Å². The zero-order chi connectivity index (χ0) is 23.6. The van der Waals surface area contributed by atoms with Gasteiger partial charge in [-0.2, -0.15) is 5.10 Å². The minimum Gasteiger partial charge on any atom is -0.450 e. The number of hydrogen-bond donors (Lipinski definition) is 1. The molecule has 8 heteroatoms. The number of anilines is 1. The summed E-state index contributed by atoms with van der Waals surface area (Å²) in [5, 5.41) is 7.23. The quantitative estimate of drug-likeness (QED) is 0.475. The van der Waals surface area contributed by atoms with Crippen LogP contribution in [0.25, 0.3) is 11.3 Å². The van der Waals surface area contributed by atoms with Crippen molar-refractivity contribution in [1.82, 2.24) is 14.7 Å². The number of carbonyl (C=O) groups is 1. The van der Waals surface area contributed by atoms with Crippen molar-refractivity contribution in [2.24, 2.45) is 0 Å². The Balaban J connectivity index is 1.73. The number of benzene rings is 2. The first-order valence-corrected chi connectivity index (χ1v) is 10.9. The third-order valence-electron chi connectivity index (χ3n) is 4.82. The van der Waals surface area contributed by atoms with Gasteiger partial charge in [-0.3, -0.25) is 10.1 Å². The van der Waals surface area contributed by atoms with Crippen LogP contribution in [-0.2, 0) is 22.6 Å². The van der Waals surface area contributed by atoms with Gasteiger partial charge in [-0.1, -0.05) is 30.3 Å². The highest BCUT2D eigenvalue weighted by Crippen LogP contribution is 2.18. The fourth-order valence-corrected chi connectivity index (χ4v) is 3.18. The highest BCUT2D eigenvalue weighted by Gasteiger charge is 2.07. The Bertz CT molecular complexity index is 1130. The number of nitrogens with one attached hydrogen (secondary N) is 1. The molecule has 2 aromatic carbocycles. The molecule has 8 nitrogen and oxygen atoms in total. The largest absolute Gasteiger partial charge is 0.450 e. The fraction of sp³-hybridized carbons (Fsp3) is 0.320. The Morgan fingerprint density at radius 2 is 1.85 bits per heavy atom. The molecule has 0 unspecified atom stereocenters. The maximum atomic E-state index is 12.4. The molecular formula is C25H30N4O4. The highest BCUT2D eigenvalue weighted by molar-refractivity contribution is 5.84. The van der Waals surface area contributed by atoms with Crippen molar-refractivity contribution in [1.29, 1.82) is 0 Å². The van der Waals surface area contributed by atoms with Gasteiger partial charge in [0.15, 0.2) is 0 Å². The van der Waals surface area contributed by atoms with E-state index < -0.39 is 6.09 Å². The summed E-state index contributed by atoms with van der Waals surface area (Å²) < 4.78 is 12.1. The normalized spacial score (nSPS) is 10.9. The molecule has 0 bridgehead atoms. The molecule has 0 spiro atoms. The first kappa shape index (κ1) is 24.2. The van der Waals surface area contributed by atoms with Crippen LogP contribution in [0.2, 0.25) is 0 Å². The van der Waals surface area contributed by atoms with E-state index >= 15 is 0 Å². The van der Waals surface area contributed by atoms with Gasteiger partial charge in [0.2, 0.25) is 0 Å². The minimum atomic E-state index is -0.516. The number of likely N-dealkylation sites (N-methyl/N-ethyl adjacent to an activating group) is 1. The molecule has 174 valence electrons. The van der Waals surface area contributed by atoms with Crippen molar-refractivity contribution in [3.05, 3.63) is 82.1 Å². The molecule has 3 aromatic rings. The van der Waals surface area contributed by atoms with Crippen molar-refractivity contribution in [2.75, 3.05) is 39.2 Å². The van der Waals surface area contributed by atoms with E-state index in [1.165, 1.54) is 10.7 Å². The van der Waals surface area contributed by atoms with E-state index in [4.69, 9.17) is 9.47 Å². The molecule has 1 heterocycles. The smallest absolute Gasteiger partial charge is 0.411 e. The van der Waals surface area contributed by atoms with E-state index in [9.17, 15) is 9.59 Å². The average Bonchev–Trinajstić information content (AvgIpc) is 2.79. The van der Waals surface area contributed by atoms with E-state index in [1.807, 2.05) is 50.5 Å². The van der Waals surface area contributed by atoms with Crippen molar-refractivity contribution in [3.8, 4) is 11.3 Å². The Morgan fingerprint density at radius 1 is 1.06 bits per heavy atom. The standard InChI is InChI=1S/C25H30N4O4/c1-4-33-25(31)26-22-10-6-7-19(16-22)17-29-24(30)12-11-23(27-29)21-9-5-8-20(15-21)18-32-14-13-28(2)3/h5-12,15-16H,4,13-14,17-18H2,1-3H3,(H,26,31). The van der Waals surface area contributed by atoms with Crippen LogP contribution >= 0.6 is 0 Å². The van der Waals surface area contributed by atoms with E-state index in [2.05, 4.69) is 15.3 Å². The molecule has 1 amide bonds. The molecule has 0 saturated carbocycles. The molecule has 1 aromatic heterocycles. The molecular weight excluding hydrogens is 420 g/mol. The van der Waals surface area contributed by atoms with E-state index in [1.54, 1.807) is 25.1 Å². The second kappa shape index (κ2) is 11.9. The lowest BCUT2D eigenvalue weighted by atomic mass is 10.1. The molecule has 0 atom stereocenters. The topological polar surface area (TPSA) is 85.7 Å². The van der Waals surface area contributed by atoms with E-state index in [0.717, 1.165) is 23.2 Å². The van der Waals surface area contributed by atoms with Gasteiger partial charge in [0.05, 0.1) is 32.1 Å². The maximum Gasteiger partial charge on any atom is 0.411 e. The van der Waals surface area contributed by atoms with Crippen LogP contribution in [0.4, 0.5) is 10.5 Å². The van der Waals surface area contributed by atoms with Gasteiger partial charge >= 0.3 is 6.09 Å². The lowest BCUT2D eigenvalue weighted by Gasteiger charge is -2.11. The monoisotopic (exact) mass is 450 g/mol. The van der Waals surface area contributed by atoms with Gasteiger partial charge in [0, 0.05) is 23.9 Å². The second-order valence-electron chi connectivity index (χ2n) is 7.82. The predicted octanol–water partition coefficient (Wildman–Crippen LogP) is 3.61. The van der Waals surface area contributed by atoms with Crippen molar-refractivity contribution in [3.63, 3.8) is 0 Å². The van der Waals surface area contributed by atoms with Crippen LogP contribution < -0.4 is 10.9 Å². The zero-order valence-corrected chi connectivity index (χ0v) is 19.3. The summed E-state index contributed by atoms with van der Waals surface area (Å²) in [5.41, 5.74) is 3.88. The van der Waals surface area contributed by atoms with Gasteiger partial charge < -0.3 is 14.4 Å². The summed E-state index contributed by atoms with van der Waals surface area (Å²) in [6, 6.07) is 18.4. The van der Waals surface area contributed by atoms with Crippen LogP contribution in [0.5, 0.6) is 0 Å².